The summed E-state index contributed by atoms with van der Waals surface area (Å²) in [6.07, 6.45) is 1.27. The fourth-order valence-corrected chi connectivity index (χ4v) is 2.26. The average Bonchev–Trinajstić information content (AvgIpc) is 2.73. The topological polar surface area (TPSA) is 53.4 Å². The van der Waals surface area contributed by atoms with Gasteiger partial charge in [0.1, 0.15) is 6.04 Å². The third kappa shape index (κ3) is 3.61. The second-order valence-corrected chi connectivity index (χ2v) is 4.72. The molecule has 0 aliphatic carbocycles. The molecule has 0 amide bonds. The van der Waals surface area contributed by atoms with Crippen LogP contribution in [-0.4, -0.2) is 29.9 Å². The first-order valence-corrected chi connectivity index (χ1v) is 6.16. The van der Waals surface area contributed by atoms with Crippen LogP contribution >= 0.6 is 24.0 Å². The van der Waals surface area contributed by atoms with Crippen molar-refractivity contribution < 1.29 is 9.53 Å². The number of nitrogens with zero attached hydrogens (tertiary/aromatic N) is 1. The molecule has 0 spiro atoms. The van der Waals surface area contributed by atoms with Crippen LogP contribution in [0.5, 0.6) is 0 Å². The molecule has 1 aliphatic heterocycles. The molecule has 1 aromatic carbocycles. The Balaban J connectivity index is 0.00000180. The summed E-state index contributed by atoms with van der Waals surface area (Å²) >= 11 is 5.83. The van der Waals surface area contributed by atoms with Crippen LogP contribution in [0.25, 0.3) is 0 Å². The van der Waals surface area contributed by atoms with Crippen molar-refractivity contribution in [3.63, 3.8) is 0 Å². The number of benzene rings is 1. The van der Waals surface area contributed by atoms with Gasteiger partial charge in [0, 0.05) is 18.0 Å². The number of esters is 1. The van der Waals surface area contributed by atoms with Crippen LogP contribution in [0.15, 0.2) is 24.3 Å². The molecule has 1 aromatic rings. The zero-order valence-corrected chi connectivity index (χ0v) is 12.1. The van der Waals surface area contributed by atoms with Crippen LogP contribution in [0.3, 0.4) is 0 Å². The summed E-state index contributed by atoms with van der Waals surface area (Å²) in [5, 5.41) is 8.57. The molecule has 1 saturated heterocycles. The number of methoxy groups -OCH3 is 1. The number of carbonyl (C=O) groups excluding carboxylic acids is 1. The highest BCUT2D eigenvalue weighted by Gasteiger charge is 2.34. The summed E-state index contributed by atoms with van der Waals surface area (Å²) in [4.78, 5) is 13.4. The Morgan fingerprint density at radius 3 is 2.68 bits per heavy atom. The molecule has 1 heterocycles. The lowest BCUT2D eigenvalue weighted by Crippen LogP contribution is -2.38. The first kappa shape index (κ1) is 15.8. The van der Waals surface area contributed by atoms with Gasteiger partial charge in [-0.3, -0.25) is 5.41 Å². The van der Waals surface area contributed by atoms with Crippen LogP contribution in [0, 0.1) is 5.41 Å². The molecule has 0 saturated carbocycles. The van der Waals surface area contributed by atoms with E-state index in [-0.39, 0.29) is 24.4 Å². The number of hydrogen-bond donors (Lipinski definition) is 1. The summed E-state index contributed by atoms with van der Waals surface area (Å²) in [5.74, 6) is 0.214. The molecule has 0 radical (unpaired) electrons. The second-order valence-electron chi connectivity index (χ2n) is 4.28. The second kappa shape index (κ2) is 6.78. The highest BCUT2D eigenvalue weighted by atomic mass is 35.5. The van der Waals surface area contributed by atoms with E-state index in [0.717, 1.165) is 5.56 Å². The molecule has 0 bridgehead atoms. The summed E-state index contributed by atoms with van der Waals surface area (Å²) in [6.45, 7) is 0.537. The van der Waals surface area contributed by atoms with Crippen LogP contribution in [-0.2, 0) is 16.1 Å². The Morgan fingerprint density at radius 1 is 1.47 bits per heavy atom. The van der Waals surface area contributed by atoms with E-state index < -0.39 is 0 Å². The Hall–Kier alpha value is -1.26. The molecular formula is C13H16Cl2N2O2. The predicted octanol–water partition coefficient (Wildman–Crippen LogP) is 2.88. The summed E-state index contributed by atoms with van der Waals surface area (Å²) in [7, 11) is 1.38. The lowest BCUT2D eigenvalue weighted by atomic mass is 10.2. The van der Waals surface area contributed by atoms with Gasteiger partial charge in [-0.15, -0.1) is 12.4 Å². The fraction of sp³-hybridized carbons (Fsp3) is 0.385. The number of amidine groups is 1. The van der Waals surface area contributed by atoms with E-state index >= 15 is 0 Å². The van der Waals surface area contributed by atoms with E-state index in [1.165, 1.54) is 7.11 Å². The molecular weight excluding hydrogens is 287 g/mol. The zero-order chi connectivity index (χ0) is 13.1. The molecule has 4 nitrogen and oxygen atoms in total. The van der Waals surface area contributed by atoms with Crippen molar-refractivity contribution in [1.82, 2.24) is 4.90 Å². The van der Waals surface area contributed by atoms with Gasteiger partial charge in [0.25, 0.3) is 0 Å². The van der Waals surface area contributed by atoms with Gasteiger partial charge in [-0.05, 0) is 24.1 Å². The molecule has 1 aliphatic rings. The normalized spacial score (nSPS) is 18.1. The molecule has 1 fully saturated rings. The number of ether oxygens (including phenoxy) is 1. The van der Waals surface area contributed by atoms with Gasteiger partial charge in [-0.2, -0.15) is 0 Å². The maximum atomic E-state index is 11.6. The van der Waals surface area contributed by atoms with Crippen molar-refractivity contribution in [1.29, 1.82) is 5.41 Å². The van der Waals surface area contributed by atoms with Gasteiger partial charge in [-0.25, -0.2) is 4.79 Å². The van der Waals surface area contributed by atoms with Crippen molar-refractivity contribution in [3.05, 3.63) is 34.9 Å². The van der Waals surface area contributed by atoms with Gasteiger partial charge in [0.2, 0.25) is 0 Å². The van der Waals surface area contributed by atoms with E-state index in [4.69, 9.17) is 21.7 Å². The molecule has 1 N–H and O–H groups in total. The highest BCUT2D eigenvalue weighted by Crippen LogP contribution is 2.23. The Bertz CT molecular complexity index is 462. The molecule has 19 heavy (non-hydrogen) atoms. The average molecular weight is 303 g/mol. The minimum atomic E-state index is -0.335. The smallest absolute Gasteiger partial charge is 0.328 e. The number of likely N-dealkylation sites (tertiary alicyclic amines) is 1. The fourth-order valence-electron chi connectivity index (χ4n) is 2.13. The van der Waals surface area contributed by atoms with E-state index in [0.29, 0.717) is 30.2 Å². The zero-order valence-electron chi connectivity index (χ0n) is 10.6. The number of halogens is 2. The molecule has 104 valence electrons. The lowest BCUT2D eigenvalue weighted by molar-refractivity contribution is -0.145. The van der Waals surface area contributed by atoms with Crippen LogP contribution in [0.2, 0.25) is 5.02 Å². The van der Waals surface area contributed by atoms with Gasteiger partial charge in [-0.1, -0.05) is 23.7 Å². The SMILES string of the molecule is COC(=O)C1CCC(=N)N1Cc1ccc(Cl)cc1.Cl. The molecule has 0 aromatic heterocycles. The maximum Gasteiger partial charge on any atom is 0.328 e. The molecule has 1 atom stereocenters. The van der Waals surface area contributed by atoms with Gasteiger partial charge >= 0.3 is 5.97 Å². The van der Waals surface area contributed by atoms with Gasteiger partial charge in [0.05, 0.1) is 12.9 Å². The van der Waals surface area contributed by atoms with Crippen molar-refractivity contribution in [3.8, 4) is 0 Å². The molecule has 6 heteroatoms. The Kier molecular flexibility index (Phi) is 5.63. The van der Waals surface area contributed by atoms with Gasteiger partial charge < -0.3 is 9.64 Å². The van der Waals surface area contributed by atoms with Gasteiger partial charge in [0.15, 0.2) is 0 Å². The summed E-state index contributed by atoms with van der Waals surface area (Å²) in [5.41, 5.74) is 1.03. The highest BCUT2D eigenvalue weighted by molar-refractivity contribution is 6.30. The van der Waals surface area contributed by atoms with Crippen molar-refractivity contribution in [2.24, 2.45) is 0 Å². The van der Waals surface area contributed by atoms with Crippen molar-refractivity contribution in [2.75, 3.05) is 7.11 Å². The van der Waals surface area contributed by atoms with E-state index in [1.54, 1.807) is 4.90 Å². The van der Waals surface area contributed by atoms with Crippen LogP contribution in [0.1, 0.15) is 18.4 Å². The van der Waals surface area contributed by atoms with E-state index in [2.05, 4.69) is 0 Å². The van der Waals surface area contributed by atoms with Crippen LogP contribution < -0.4 is 0 Å². The summed E-state index contributed by atoms with van der Waals surface area (Å²) in [6, 6.07) is 7.09. The maximum absolute atomic E-state index is 11.6. The van der Waals surface area contributed by atoms with Crippen molar-refractivity contribution in [2.45, 2.75) is 25.4 Å². The Labute approximate surface area is 123 Å². The molecule has 2 rings (SSSR count). The lowest BCUT2D eigenvalue weighted by Gasteiger charge is -2.24. The first-order valence-electron chi connectivity index (χ1n) is 5.78. The monoisotopic (exact) mass is 302 g/mol. The first-order chi connectivity index (χ1) is 8.61. The quantitative estimate of drug-likeness (QED) is 0.874. The minimum Gasteiger partial charge on any atom is -0.467 e. The number of rotatable bonds is 3. The van der Waals surface area contributed by atoms with Crippen LogP contribution in [0.4, 0.5) is 0 Å². The number of nitrogens with one attached hydrogen (secondary N) is 1. The van der Waals surface area contributed by atoms with E-state index in [1.807, 2.05) is 24.3 Å². The van der Waals surface area contributed by atoms with E-state index in [9.17, 15) is 4.79 Å². The number of carbonyl (C=O) groups is 1. The Morgan fingerprint density at radius 2 is 2.11 bits per heavy atom. The molecule has 1 unspecified atom stereocenters. The standard InChI is InChI=1S/C13H15ClN2O2.ClH/c1-18-13(17)11-6-7-12(15)16(11)8-9-2-4-10(14)5-3-9;/h2-5,11,15H,6-8H2,1H3;1H. The third-order valence-electron chi connectivity index (χ3n) is 3.12. The largest absolute Gasteiger partial charge is 0.467 e. The minimum absolute atomic E-state index is 0. The number of hydrogen-bond acceptors (Lipinski definition) is 3. The predicted molar refractivity (Wildman–Crippen MR) is 77.0 cm³/mol. The summed E-state index contributed by atoms with van der Waals surface area (Å²) < 4.78 is 4.77. The van der Waals surface area contributed by atoms with Crippen molar-refractivity contribution >= 4 is 35.8 Å². The third-order valence-corrected chi connectivity index (χ3v) is 3.37.